The van der Waals surface area contributed by atoms with Crippen LogP contribution in [0.25, 0.3) is 0 Å². The van der Waals surface area contributed by atoms with Gasteiger partial charge in [0.15, 0.2) is 0 Å². The van der Waals surface area contributed by atoms with Crippen molar-refractivity contribution in [2.24, 2.45) is 0 Å². The van der Waals surface area contributed by atoms with Gasteiger partial charge in [-0.25, -0.2) is 0 Å². The van der Waals surface area contributed by atoms with Gasteiger partial charge in [-0.05, 0) is 43.1 Å². The van der Waals surface area contributed by atoms with E-state index in [0.29, 0.717) is 6.04 Å². The van der Waals surface area contributed by atoms with E-state index in [9.17, 15) is 0 Å². The van der Waals surface area contributed by atoms with Gasteiger partial charge in [-0.2, -0.15) is 0 Å². The molecule has 1 heterocycles. The molecular weight excluding hydrogens is 314 g/mol. The Bertz CT molecular complexity index is 482. The molecule has 0 amide bonds. The molecule has 0 aliphatic rings. The monoisotopic (exact) mass is 327 g/mol. The molecule has 1 nitrogen and oxygen atoms in total. The third-order valence-electron chi connectivity index (χ3n) is 2.58. The summed E-state index contributed by atoms with van der Waals surface area (Å²) in [5.74, 6) is 0. The first-order valence-electron chi connectivity index (χ1n) is 5.39. The van der Waals surface area contributed by atoms with Gasteiger partial charge in [0, 0.05) is 15.4 Å². The van der Waals surface area contributed by atoms with Crippen molar-refractivity contribution in [3.8, 4) is 0 Å². The molecule has 0 spiro atoms. The number of rotatable bonds is 4. The number of hydrogen-bond acceptors (Lipinski definition) is 3. The number of thiophene rings is 1. The minimum atomic E-state index is 0.366. The van der Waals surface area contributed by atoms with Crippen molar-refractivity contribution in [1.82, 2.24) is 5.32 Å². The third kappa shape index (κ3) is 3.35. The Hall–Kier alpha value is -0.290. The van der Waals surface area contributed by atoms with Crippen molar-refractivity contribution in [3.05, 3.63) is 45.7 Å². The third-order valence-corrected chi connectivity index (χ3v) is 5.19. The zero-order chi connectivity index (χ0) is 12.3. The van der Waals surface area contributed by atoms with E-state index in [2.05, 4.69) is 63.9 Å². The second kappa shape index (κ2) is 6.05. The van der Waals surface area contributed by atoms with Crippen LogP contribution >= 0.6 is 39.0 Å². The Morgan fingerprint density at radius 2 is 2.18 bits per heavy atom. The summed E-state index contributed by atoms with van der Waals surface area (Å²) in [6.45, 7) is 2.18. The first-order valence-corrected chi connectivity index (χ1v) is 7.87. The van der Waals surface area contributed by atoms with E-state index in [1.165, 1.54) is 14.7 Å². The van der Waals surface area contributed by atoms with E-state index in [1.54, 1.807) is 11.3 Å². The van der Waals surface area contributed by atoms with Gasteiger partial charge in [-0.15, -0.1) is 11.3 Å². The normalized spacial score (nSPS) is 12.6. The van der Waals surface area contributed by atoms with E-state index >= 15 is 0 Å². The van der Waals surface area contributed by atoms with Crippen LogP contribution in [0, 0.1) is 0 Å². The highest BCUT2D eigenvalue weighted by atomic mass is 79.9. The molecule has 17 heavy (non-hydrogen) atoms. The van der Waals surface area contributed by atoms with Crippen LogP contribution in [0.15, 0.2) is 49.3 Å². The van der Waals surface area contributed by atoms with Gasteiger partial charge in [-0.3, -0.25) is 0 Å². The molecule has 2 aromatic rings. The molecule has 0 saturated heterocycles. The lowest BCUT2D eigenvalue weighted by Gasteiger charge is -2.15. The summed E-state index contributed by atoms with van der Waals surface area (Å²) in [5.41, 5.74) is 1.34. The predicted octanol–water partition coefficient (Wildman–Crippen LogP) is 4.94. The molecule has 2 rings (SSSR count). The zero-order valence-corrected chi connectivity index (χ0v) is 13.0. The SMILES string of the molecule is CNC(C)c1ccc(Br)cc1Sc1cccs1. The van der Waals surface area contributed by atoms with Gasteiger partial charge in [0.25, 0.3) is 0 Å². The predicted molar refractivity (Wildman–Crippen MR) is 80.1 cm³/mol. The highest BCUT2D eigenvalue weighted by Gasteiger charge is 2.11. The van der Waals surface area contributed by atoms with Crippen molar-refractivity contribution in [2.45, 2.75) is 22.1 Å². The Labute approximate surface area is 119 Å². The largest absolute Gasteiger partial charge is 0.313 e. The fraction of sp³-hybridized carbons (Fsp3) is 0.231. The average Bonchev–Trinajstić information content (AvgIpc) is 2.81. The topological polar surface area (TPSA) is 12.0 Å². The molecule has 0 fully saturated rings. The molecule has 90 valence electrons. The number of hydrogen-bond donors (Lipinski definition) is 1. The molecule has 0 aliphatic heterocycles. The summed E-state index contributed by atoms with van der Waals surface area (Å²) < 4.78 is 2.45. The van der Waals surface area contributed by atoms with Crippen LogP contribution in [0.2, 0.25) is 0 Å². The summed E-state index contributed by atoms with van der Waals surface area (Å²) >= 11 is 7.15. The summed E-state index contributed by atoms with van der Waals surface area (Å²) in [4.78, 5) is 1.31. The molecule has 4 heteroatoms. The maximum Gasteiger partial charge on any atom is 0.0646 e. The van der Waals surface area contributed by atoms with Crippen molar-refractivity contribution < 1.29 is 0 Å². The molecule has 0 aliphatic carbocycles. The van der Waals surface area contributed by atoms with Crippen LogP contribution in [0.1, 0.15) is 18.5 Å². The minimum absolute atomic E-state index is 0.366. The molecular formula is C13H14BrNS2. The van der Waals surface area contributed by atoms with E-state index in [4.69, 9.17) is 0 Å². The molecule has 0 bridgehead atoms. The van der Waals surface area contributed by atoms with Gasteiger partial charge >= 0.3 is 0 Å². The van der Waals surface area contributed by atoms with Crippen LogP contribution in [-0.4, -0.2) is 7.05 Å². The second-order valence-electron chi connectivity index (χ2n) is 3.73. The van der Waals surface area contributed by atoms with Gasteiger partial charge in [0.2, 0.25) is 0 Å². The van der Waals surface area contributed by atoms with Crippen molar-refractivity contribution in [3.63, 3.8) is 0 Å². The maximum atomic E-state index is 3.54. The summed E-state index contributed by atoms with van der Waals surface area (Å²) in [7, 11) is 1.99. The summed E-state index contributed by atoms with van der Waals surface area (Å²) in [6, 6.07) is 11.1. The van der Waals surface area contributed by atoms with Crippen LogP contribution in [0.5, 0.6) is 0 Å². The summed E-state index contributed by atoms with van der Waals surface area (Å²) in [6.07, 6.45) is 0. The molecule has 1 atom stereocenters. The van der Waals surface area contributed by atoms with E-state index in [1.807, 2.05) is 18.8 Å². The molecule has 0 radical (unpaired) electrons. The molecule has 1 N–H and O–H groups in total. The maximum absolute atomic E-state index is 3.54. The van der Waals surface area contributed by atoms with Crippen molar-refractivity contribution in [2.75, 3.05) is 7.05 Å². The second-order valence-corrected chi connectivity index (χ2v) is 6.93. The number of halogens is 1. The molecule has 1 unspecified atom stereocenters. The van der Waals surface area contributed by atoms with E-state index < -0.39 is 0 Å². The number of benzene rings is 1. The Morgan fingerprint density at radius 3 is 2.82 bits per heavy atom. The number of nitrogens with one attached hydrogen (secondary N) is 1. The average molecular weight is 328 g/mol. The zero-order valence-electron chi connectivity index (χ0n) is 9.74. The molecule has 1 aromatic heterocycles. The fourth-order valence-electron chi connectivity index (χ4n) is 1.54. The fourth-order valence-corrected chi connectivity index (χ4v) is 4.04. The molecule has 0 saturated carbocycles. The Morgan fingerprint density at radius 1 is 1.35 bits per heavy atom. The lowest BCUT2D eigenvalue weighted by molar-refractivity contribution is 0.641. The quantitative estimate of drug-likeness (QED) is 0.853. The van der Waals surface area contributed by atoms with Crippen LogP contribution in [0.4, 0.5) is 0 Å². The first kappa shape index (κ1) is 13.1. The highest BCUT2D eigenvalue weighted by molar-refractivity contribution is 9.10. The van der Waals surface area contributed by atoms with Crippen molar-refractivity contribution in [1.29, 1.82) is 0 Å². The molecule has 1 aromatic carbocycles. The van der Waals surface area contributed by atoms with Gasteiger partial charge < -0.3 is 5.32 Å². The Balaban J connectivity index is 2.33. The summed E-state index contributed by atoms with van der Waals surface area (Å²) in [5, 5.41) is 5.41. The van der Waals surface area contributed by atoms with Crippen LogP contribution in [-0.2, 0) is 0 Å². The van der Waals surface area contributed by atoms with E-state index in [0.717, 1.165) is 4.47 Å². The van der Waals surface area contributed by atoms with Crippen LogP contribution < -0.4 is 5.32 Å². The first-order chi connectivity index (χ1) is 8.20. The smallest absolute Gasteiger partial charge is 0.0646 e. The van der Waals surface area contributed by atoms with Gasteiger partial charge in [0.1, 0.15) is 0 Å². The Kier molecular flexibility index (Phi) is 4.68. The lowest BCUT2D eigenvalue weighted by atomic mass is 10.1. The van der Waals surface area contributed by atoms with Gasteiger partial charge in [-0.1, -0.05) is 39.8 Å². The highest BCUT2D eigenvalue weighted by Crippen LogP contribution is 2.37. The van der Waals surface area contributed by atoms with Crippen LogP contribution in [0.3, 0.4) is 0 Å². The van der Waals surface area contributed by atoms with Gasteiger partial charge in [0.05, 0.1) is 4.21 Å². The lowest BCUT2D eigenvalue weighted by Crippen LogP contribution is -2.13. The minimum Gasteiger partial charge on any atom is -0.313 e. The van der Waals surface area contributed by atoms with Crippen molar-refractivity contribution >= 4 is 39.0 Å². The standard InChI is InChI=1S/C13H14BrNS2/c1-9(15-2)11-6-5-10(14)8-12(11)17-13-4-3-7-16-13/h3-9,15H,1-2H3. The van der Waals surface area contributed by atoms with E-state index in [-0.39, 0.29) is 0 Å².